The van der Waals surface area contributed by atoms with E-state index >= 15 is 0 Å². The highest BCUT2D eigenvalue weighted by atomic mass is 79.9. The maximum atomic E-state index is 5.79. The van der Waals surface area contributed by atoms with Crippen molar-refractivity contribution in [3.05, 3.63) is 28.2 Å². The lowest BCUT2D eigenvalue weighted by Crippen LogP contribution is -2.31. The predicted octanol–water partition coefficient (Wildman–Crippen LogP) is 3.14. The highest BCUT2D eigenvalue weighted by molar-refractivity contribution is 9.10. The van der Waals surface area contributed by atoms with Crippen molar-refractivity contribution >= 4 is 21.6 Å². The summed E-state index contributed by atoms with van der Waals surface area (Å²) >= 11 is 3.55. The van der Waals surface area contributed by atoms with Crippen LogP contribution in [0.3, 0.4) is 0 Å². The van der Waals surface area contributed by atoms with Crippen LogP contribution in [0.2, 0.25) is 0 Å². The third kappa shape index (κ3) is 2.73. The van der Waals surface area contributed by atoms with Crippen molar-refractivity contribution in [1.82, 2.24) is 0 Å². The largest absolute Gasteiger partial charge is 0.369 e. The van der Waals surface area contributed by atoms with Gasteiger partial charge in [0.1, 0.15) is 0 Å². The molecule has 0 aromatic heterocycles. The number of anilines is 1. The van der Waals surface area contributed by atoms with E-state index in [0.717, 1.165) is 11.0 Å². The average Bonchev–Trinajstić information content (AvgIpc) is 2.18. The Bertz CT molecular complexity index is 323. The van der Waals surface area contributed by atoms with Gasteiger partial charge >= 0.3 is 0 Å². The van der Waals surface area contributed by atoms with Crippen LogP contribution in [-0.4, -0.2) is 12.6 Å². The summed E-state index contributed by atoms with van der Waals surface area (Å²) in [6, 6.07) is 6.73. The minimum absolute atomic E-state index is 0.495. The zero-order chi connectivity index (χ0) is 11.4. The fourth-order valence-electron chi connectivity index (χ4n) is 1.83. The summed E-state index contributed by atoms with van der Waals surface area (Å²) in [6.45, 7) is 8.14. The standard InChI is InChI=1S/C12H19BrN2/c1-4-15(9(2)3)12-7-5-6-11(13)10(12)8-14/h5-7,9H,4,8,14H2,1-3H3. The number of rotatable bonds is 4. The van der Waals surface area contributed by atoms with E-state index in [-0.39, 0.29) is 0 Å². The monoisotopic (exact) mass is 270 g/mol. The summed E-state index contributed by atoms with van der Waals surface area (Å²) < 4.78 is 1.10. The maximum absolute atomic E-state index is 5.79. The fraction of sp³-hybridized carbons (Fsp3) is 0.500. The van der Waals surface area contributed by atoms with Crippen LogP contribution in [0.1, 0.15) is 26.3 Å². The van der Waals surface area contributed by atoms with Gasteiger partial charge in [-0.15, -0.1) is 0 Å². The highest BCUT2D eigenvalue weighted by Gasteiger charge is 2.13. The molecule has 0 fully saturated rings. The van der Waals surface area contributed by atoms with Crippen LogP contribution in [0.4, 0.5) is 5.69 Å². The van der Waals surface area contributed by atoms with Gasteiger partial charge in [-0.05, 0) is 32.9 Å². The first kappa shape index (κ1) is 12.5. The summed E-state index contributed by atoms with van der Waals surface area (Å²) in [5.41, 5.74) is 8.22. The molecular weight excluding hydrogens is 252 g/mol. The Morgan fingerprint density at radius 1 is 1.40 bits per heavy atom. The normalized spacial score (nSPS) is 10.8. The second-order valence-electron chi connectivity index (χ2n) is 3.82. The van der Waals surface area contributed by atoms with E-state index in [9.17, 15) is 0 Å². The molecule has 0 saturated heterocycles. The van der Waals surface area contributed by atoms with Crippen molar-refractivity contribution in [1.29, 1.82) is 0 Å². The summed E-state index contributed by atoms with van der Waals surface area (Å²) in [5.74, 6) is 0. The Balaban J connectivity index is 3.16. The Morgan fingerprint density at radius 2 is 2.07 bits per heavy atom. The number of hydrogen-bond donors (Lipinski definition) is 1. The molecule has 0 atom stereocenters. The molecule has 0 bridgehead atoms. The molecule has 0 aliphatic carbocycles. The zero-order valence-electron chi connectivity index (χ0n) is 9.63. The number of halogens is 1. The zero-order valence-corrected chi connectivity index (χ0v) is 11.2. The molecule has 1 rings (SSSR count). The van der Waals surface area contributed by atoms with E-state index in [0.29, 0.717) is 12.6 Å². The molecular formula is C12H19BrN2. The molecule has 0 saturated carbocycles. The van der Waals surface area contributed by atoms with Gasteiger partial charge in [-0.3, -0.25) is 0 Å². The van der Waals surface area contributed by atoms with E-state index in [2.05, 4.69) is 53.7 Å². The Kier molecular flexibility index (Phi) is 4.61. The second-order valence-corrected chi connectivity index (χ2v) is 4.68. The second kappa shape index (κ2) is 5.52. The molecule has 1 aromatic rings. The molecule has 3 heteroatoms. The number of hydrogen-bond acceptors (Lipinski definition) is 2. The van der Waals surface area contributed by atoms with Crippen LogP contribution in [0, 0.1) is 0 Å². The first-order valence-corrected chi connectivity index (χ1v) is 6.15. The first-order chi connectivity index (χ1) is 7.11. The average molecular weight is 271 g/mol. The third-order valence-electron chi connectivity index (χ3n) is 2.57. The minimum atomic E-state index is 0.495. The molecule has 0 unspecified atom stereocenters. The molecule has 2 nitrogen and oxygen atoms in total. The van der Waals surface area contributed by atoms with Crippen LogP contribution in [-0.2, 0) is 6.54 Å². The Labute approximate surface area is 101 Å². The molecule has 15 heavy (non-hydrogen) atoms. The SMILES string of the molecule is CCN(c1cccc(Br)c1CN)C(C)C. The molecule has 0 aliphatic heterocycles. The van der Waals surface area contributed by atoms with Crippen molar-refractivity contribution in [3.8, 4) is 0 Å². The van der Waals surface area contributed by atoms with E-state index in [4.69, 9.17) is 5.73 Å². The van der Waals surface area contributed by atoms with Crippen LogP contribution < -0.4 is 10.6 Å². The van der Waals surface area contributed by atoms with Gasteiger partial charge in [0.15, 0.2) is 0 Å². The lowest BCUT2D eigenvalue weighted by Gasteiger charge is -2.29. The summed E-state index contributed by atoms with van der Waals surface area (Å²) in [6.07, 6.45) is 0. The first-order valence-electron chi connectivity index (χ1n) is 5.35. The van der Waals surface area contributed by atoms with Gasteiger partial charge in [0.05, 0.1) is 0 Å². The molecule has 0 radical (unpaired) electrons. The van der Waals surface area contributed by atoms with Crippen molar-refractivity contribution in [2.75, 3.05) is 11.4 Å². The predicted molar refractivity (Wildman–Crippen MR) is 70.2 cm³/mol. The van der Waals surface area contributed by atoms with Gasteiger partial charge < -0.3 is 10.6 Å². The van der Waals surface area contributed by atoms with Gasteiger partial charge in [-0.25, -0.2) is 0 Å². The van der Waals surface area contributed by atoms with Crippen molar-refractivity contribution in [2.45, 2.75) is 33.4 Å². The fourth-order valence-corrected chi connectivity index (χ4v) is 2.35. The summed E-state index contributed by atoms with van der Waals surface area (Å²) in [4.78, 5) is 2.35. The van der Waals surface area contributed by atoms with E-state index in [1.807, 2.05) is 6.07 Å². The number of nitrogens with zero attached hydrogens (tertiary/aromatic N) is 1. The van der Waals surface area contributed by atoms with Crippen molar-refractivity contribution < 1.29 is 0 Å². The van der Waals surface area contributed by atoms with Gasteiger partial charge in [0.25, 0.3) is 0 Å². The topological polar surface area (TPSA) is 29.3 Å². The van der Waals surface area contributed by atoms with Gasteiger partial charge in [0, 0.05) is 34.9 Å². The lowest BCUT2D eigenvalue weighted by molar-refractivity contribution is 0.699. The molecule has 84 valence electrons. The third-order valence-corrected chi connectivity index (χ3v) is 3.31. The number of benzene rings is 1. The molecule has 0 aliphatic rings. The van der Waals surface area contributed by atoms with E-state index in [1.54, 1.807) is 0 Å². The van der Waals surface area contributed by atoms with Gasteiger partial charge in [0.2, 0.25) is 0 Å². The smallest absolute Gasteiger partial charge is 0.0425 e. The molecule has 0 spiro atoms. The Hall–Kier alpha value is -0.540. The molecule has 1 aromatic carbocycles. The van der Waals surface area contributed by atoms with E-state index in [1.165, 1.54) is 11.3 Å². The van der Waals surface area contributed by atoms with Crippen LogP contribution in [0.5, 0.6) is 0 Å². The lowest BCUT2D eigenvalue weighted by atomic mass is 10.1. The van der Waals surface area contributed by atoms with Crippen LogP contribution in [0.25, 0.3) is 0 Å². The van der Waals surface area contributed by atoms with Crippen molar-refractivity contribution in [2.24, 2.45) is 5.73 Å². The minimum Gasteiger partial charge on any atom is -0.369 e. The quantitative estimate of drug-likeness (QED) is 0.911. The summed E-state index contributed by atoms with van der Waals surface area (Å²) in [5, 5.41) is 0. The molecule has 2 N–H and O–H groups in total. The molecule has 0 heterocycles. The van der Waals surface area contributed by atoms with E-state index < -0.39 is 0 Å². The van der Waals surface area contributed by atoms with Gasteiger partial charge in [-0.1, -0.05) is 22.0 Å². The molecule has 0 amide bonds. The highest BCUT2D eigenvalue weighted by Crippen LogP contribution is 2.28. The van der Waals surface area contributed by atoms with Crippen molar-refractivity contribution in [3.63, 3.8) is 0 Å². The van der Waals surface area contributed by atoms with Crippen LogP contribution >= 0.6 is 15.9 Å². The van der Waals surface area contributed by atoms with Crippen LogP contribution in [0.15, 0.2) is 22.7 Å². The van der Waals surface area contributed by atoms with Gasteiger partial charge in [-0.2, -0.15) is 0 Å². The Morgan fingerprint density at radius 3 is 2.53 bits per heavy atom. The number of nitrogens with two attached hydrogens (primary N) is 1. The summed E-state index contributed by atoms with van der Waals surface area (Å²) in [7, 11) is 0. The maximum Gasteiger partial charge on any atom is 0.0425 e.